The molecule has 0 radical (unpaired) electrons. The predicted molar refractivity (Wildman–Crippen MR) is 75.0 cm³/mol. The number of halogens is 2. The molecule has 19 heavy (non-hydrogen) atoms. The Labute approximate surface area is 116 Å². The average molecular weight is 280 g/mol. The van der Waals surface area contributed by atoms with E-state index in [2.05, 4.69) is 15.3 Å². The van der Waals surface area contributed by atoms with Gasteiger partial charge in [-0.1, -0.05) is 23.7 Å². The third-order valence-corrected chi connectivity index (χ3v) is 2.91. The van der Waals surface area contributed by atoms with Crippen LogP contribution in [0.5, 0.6) is 0 Å². The summed E-state index contributed by atoms with van der Waals surface area (Å²) in [4.78, 5) is 8.18. The van der Waals surface area contributed by atoms with Gasteiger partial charge in [0, 0.05) is 18.0 Å². The lowest BCUT2D eigenvalue weighted by molar-refractivity contribution is 0.626. The van der Waals surface area contributed by atoms with Gasteiger partial charge in [-0.15, -0.1) is 0 Å². The average Bonchev–Trinajstić information content (AvgIpc) is 2.33. The van der Waals surface area contributed by atoms with Gasteiger partial charge in [-0.05, 0) is 31.5 Å². The highest BCUT2D eigenvalue weighted by molar-refractivity contribution is 6.30. The van der Waals surface area contributed by atoms with Crippen molar-refractivity contribution in [2.75, 3.05) is 5.32 Å². The van der Waals surface area contributed by atoms with Gasteiger partial charge in [-0.25, -0.2) is 14.4 Å². The van der Waals surface area contributed by atoms with Crippen LogP contribution in [0.4, 0.5) is 10.2 Å². The normalized spacial score (nSPS) is 10.8. The molecule has 0 aliphatic rings. The van der Waals surface area contributed by atoms with E-state index in [0.29, 0.717) is 17.4 Å². The minimum atomic E-state index is -0.260. The van der Waals surface area contributed by atoms with Crippen LogP contribution in [-0.4, -0.2) is 16.0 Å². The van der Waals surface area contributed by atoms with Gasteiger partial charge < -0.3 is 5.32 Å². The van der Waals surface area contributed by atoms with Crippen LogP contribution in [0, 0.1) is 5.82 Å². The molecule has 100 valence electrons. The number of rotatable bonds is 4. The Hall–Kier alpha value is -1.68. The summed E-state index contributed by atoms with van der Waals surface area (Å²) in [6.45, 7) is 4.03. The quantitative estimate of drug-likeness (QED) is 0.868. The van der Waals surface area contributed by atoms with Crippen LogP contribution in [0.3, 0.4) is 0 Å². The van der Waals surface area contributed by atoms with Gasteiger partial charge in [-0.2, -0.15) is 0 Å². The topological polar surface area (TPSA) is 37.8 Å². The number of benzene rings is 1. The van der Waals surface area contributed by atoms with Gasteiger partial charge in [0.25, 0.3) is 0 Å². The van der Waals surface area contributed by atoms with Crippen LogP contribution in [-0.2, 0) is 6.42 Å². The lowest BCUT2D eigenvalue weighted by atomic mass is 10.1. The number of anilines is 1. The molecule has 0 saturated carbocycles. The molecule has 3 nitrogen and oxygen atoms in total. The molecular weight excluding hydrogens is 265 g/mol. The van der Waals surface area contributed by atoms with Crippen LogP contribution in [0.1, 0.15) is 25.0 Å². The van der Waals surface area contributed by atoms with E-state index in [1.54, 1.807) is 6.07 Å². The summed E-state index contributed by atoms with van der Waals surface area (Å²) in [5, 5.41) is 3.61. The minimum absolute atomic E-state index is 0.234. The maximum absolute atomic E-state index is 13.2. The summed E-state index contributed by atoms with van der Waals surface area (Å²) >= 11 is 6.12. The van der Waals surface area contributed by atoms with Crippen molar-refractivity contribution in [3.8, 4) is 0 Å². The van der Waals surface area contributed by atoms with Crippen molar-refractivity contribution in [3.05, 3.63) is 52.7 Å². The molecule has 0 aliphatic carbocycles. The molecule has 1 heterocycles. The third-order valence-electron chi connectivity index (χ3n) is 2.59. The van der Waals surface area contributed by atoms with E-state index in [4.69, 9.17) is 11.6 Å². The number of nitrogens with zero attached hydrogens (tertiary/aromatic N) is 2. The van der Waals surface area contributed by atoms with Gasteiger partial charge in [0.1, 0.15) is 23.1 Å². The van der Waals surface area contributed by atoms with Gasteiger partial charge in [0.15, 0.2) is 0 Å². The maximum Gasteiger partial charge on any atom is 0.138 e. The molecule has 0 bridgehead atoms. The molecule has 0 unspecified atom stereocenters. The minimum Gasteiger partial charge on any atom is -0.368 e. The van der Waals surface area contributed by atoms with Gasteiger partial charge in [0.2, 0.25) is 0 Å². The molecule has 2 aromatic rings. The first-order chi connectivity index (χ1) is 9.06. The highest BCUT2D eigenvalue weighted by atomic mass is 35.5. The van der Waals surface area contributed by atoms with Crippen molar-refractivity contribution in [3.63, 3.8) is 0 Å². The van der Waals surface area contributed by atoms with Crippen molar-refractivity contribution >= 4 is 17.4 Å². The highest BCUT2D eigenvalue weighted by Crippen LogP contribution is 2.24. The van der Waals surface area contributed by atoms with Crippen molar-refractivity contribution in [2.45, 2.75) is 26.3 Å². The van der Waals surface area contributed by atoms with E-state index in [1.165, 1.54) is 18.5 Å². The number of aromatic nitrogens is 2. The zero-order valence-electron chi connectivity index (χ0n) is 10.8. The van der Waals surface area contributed by atoms with Crippen LogP contribution < -0.4 is 5.32 Å². The van der Waals surface area contributed by atoms with Crippen LogP contribution in [0.2, 0.25) is 5.15 Å². The summed E-state index contributed by atoms with van der Waals surface area (Å²) in [5.41, 5.74) is 1.62. The monoisotopic (exact) mass is 279 g/mol. The molecular formula is C14H15ClFN3. The van der Waals surface area contributed by atoms with E-state index in [1.807, 2.05) is 19.9 Å². The summed E-state index contributed by atoms with van der Waals surface area (Å²) in [5.74, 6) is 0.433. The molecule has 0 spiro atoms. The second-order valence-corrected chi connectivity index (χ2v) is 4.96. The molecule has 1 aromatic heterocycles. The lowest BCUT2D eigenvalue weighted by Gasteiger charge is -2.14. The van der Waals surface area contributed by atoms with E-state index in [-0.39, 0.29) is 11.9 Å². The van der Waals surface area contributed by atoms with E-state index >= 15 is 0 Å². The Kier molecular flexibility index (Phi) is 4.32. The first kappa shape index (κ1) is 13.7. The fourth-order valence-electron chi connectivity index (χ4n) is 1.80. The van der Waals surface area contributed by atoms with Crippen molar-refractivity contribution in [2.24, 2.45) is 0 Å². The lowest BCUT2D eigenvalue weighted by Crippen LogP contribution is -2.14. The van der Waals surface area contributed by atoms with E-state index in [9.17, 15) is 4.39 Å². The molecule has 2 rings (SSSR count). The third kappa shape index (κ3) is 3.64. The molecule has 0 aliphatic heterocycles. The van der Waals surface area contributed by atoms with Gasteiger partial charge in [-0.3, -0.25) is 0 Å². The van der Waals surface area contributed by atoms with Crippen molar-refractivity contribution < 1.29 is 4.39 Å². The predicted octanol–water partition coefficient (Wildman–Crippen LogP) is 3.68. The Balaban J connectivity index is 2.33. The first-order valence-corrected chi connectivity index (χ1v) is 6.44. The Morgan fingerprint density at radius 1 is 1.32 bits per heavy atom. The Morgan fingerprint density at radius 3 is 2.79 bits per heavy atom. The molecule has 1 N–H and O–H groups in total. The highest BCUT2D eigenvalue weighted by Gasteiger charge is 2.11. The SMILES string of the molecule is CC(C)Nc1ncnc(Cl)c1Cc1cccc(F)c1. The molecule has 0 amide bonds. The maximum atomic E-state index is 13.2. The van der Waals surface area contributed by atoms with Crippen LogP contribution >= 0.6 is 11.6 Å². The summed E-state index contributed by atoms with van der Waals surface area (Å²) in [6, 6.07) is 6.67. The number of hydrogen-bond donors (Lipinski definition) is 1. The number of hydrogen-bond acceptors (Lipinski definition) is 3. The zero-order valence-corrected chi connectivity index (χ0v) is 11.6. The van der Waals surface area contributed by atoms with Gasteiger partial charge in [0.05, 0.1) is 0 Å². The van der Waals surface area contributed by atoms with Gasteiger partial charge >= 0.3 is 0 Å². The van der Waals surface area contributed by atoms with Crippen molar-refractivity contribution in [1.29, 1.82) is 0 Å². The zero-order chi connectivity index (χ0) is 13.8. The molecule has 0 fully saturated rings. The largest absolute Gasteiger partial charge is 0.368 e. The van der Waals surface area contributed by atoms with Crippen molar-refractivity contribution in [1.82, 2.24) is 9.97 Å². The molecule has 1 aromatic carbocycles. The fourth-order valence-corrected chi connectivity index (χ4v) is 2.00. The fraction of sp³-hybridized carbons (Fsp3) is 0.286. The molecule has 0 saturated heterocycles. The smallest absolute Gasteiger partial charge is 0.138 e. The molecule has 5 heteroatoms. The second-order valence-electron chi connectivity index (χ2n) is 4.60. The summed E-state index contributed by atoms with van der Waals surface area (Å²) in [7, 11) is 0. The number of nitrogens with one attached hydrogen (secondary N) is 1. The van der Waals surface area contributed by atoms with E-state index < -0.39 is 0 Å². The summed E-state index contributed by atoms with van der Waals surface area (Å²) in [6.07, 6.45) is 1.91. The van der Waals surface area contributed by atoms with Crippen LogP contribution in [0.15, 0.2) is 30.6 Å². The Bertz CT molecular complexity index is 572. The second kappa shape index (κ2) is 5.97. The standard InChI is InChI=1S/C14H15ClFN3/c1-9(2)19-14-12(13(15)17-8-18-14)7-10-4-3-5-11(16)6-10/h3-6,8-9H,7H2,1-2H3,(H,17,18,19). The first-order valence-electron chi connectivity index (χ1n) is 6.06. The van der Waals surface area contributed by atoms with E-state index in [0.717, 1.165) is 11.1 Å². The summed E-state index contributed by atoms with van der Waals surface area (Å²) < 4.78 is 13.2. The Morgan fingerprint density at radius 2 is 2.11 bits per heavy atom. The molecule has 0 atom stereocenters. The van der Waals surface area contributed by atoms with Crippen LogP contribution in [0.25, 0.3) is 0 Å².